The highest BCUT2D eigenvalue weighted by Gasteiger charge is 2.18. The highest BCUT2D eigenvalue weighted by molar-refractivity contribution is 7.91. The van der Waals surface area contributed by atoms with Gasteiger partial charge in [0.1, 0.15) is 9.90 Å². The van der Waals surface area contributed by atoms with Crippen LogP contribution in [0.5, 0.6) is 0 Å². The molecule has 3 aromatic rings. The fourth-order valence-corrected chi connectivity index (χ4v) is 4.21. The lowest BCUT2D eigenvalue weighted by atomic mass is 10.1. The number of carbonyl (C=O) groups excluding carboxylic acids is 1. The molecule has 0 saturated heterocycles. The first-order valence-corrected chi connectivity index (χ1v) is 9.64. The van der Waals surface area contributed by atoms with Gasteiger partial charge in [0.15, 0.2) is 9.84 Å². The third-order valence-electron chi connectivity index (χ3n) is 3.29. The summed E-state index contributed by atoms with van der Waals surface area (Å²) >= 11 is 1.16. The molecule has 0 radical (unpaired) electrons. The Morgan fingerprint density at radius 1 is 1.25 bits per heavy atom. The van der Waals surface area contributed by atoms with Crippen LogP contribution in [0, 0.1) is 0 Å². The average molecular weight is 362 g/mol. The Morgan fingerprint density at radius 3 is 2.71 bits per heavy atom. The molecule has 24 heavy (non-hydrogen) atoms. The first-order valence-electron chi connectivity index (χ1n) is 6.87. The van der Waals surface area contributed by atoms with E-state index < -0.39 is 15.7 Å². The summed E-state index contributed by atoms with van der Waals surface area (Å²) in [7, 11) is -1.59. The lowest BCUT2D eigenvalue weighted by Crippen LogP contribution is -2.13. The van der Waals surface area contributed by atoms with Gasteiger partial charge in [-0.05, 0) is 17.5 Å². The van der Waals surface area contributed by atoms with Crippen LogP contribution in [0.1, 0.15) is 10.4 Å². The molecule has 0 saturated carbocycles. The minimum atomic E-state index is -3.40. The second-order valence-electron chi connectivity index (χ2n) is 5.21. The molecule has 0 spiro atoms. The van der Waals surface area contributed by atoms with Crippen LogP contribution in [0.4, 0.5) is 5.00 Å². The molecule has 0 bridgehead atoms. The Kier molecular flexibility index (Phi) is 4.20. The van der Waals surface area contributed by atoms with Crippen molar-refractivity contribution in [3.63, 3.8) is 0 Å². The van der Waals surface area contributed by atoms with Gasteiger partial charge in [-0.2, -0.15) is 5.10 Å². The summed E-state index contributed by atoms with van der Waals surface area (Å²) < 4.78 is 25.1. The van der Waals surface area contributed by atoms with Gasteiger partial charge in [-0.25, -0.2) is 8.42 Å². The number of aromatic nitrogens is 3. The van der Waals surface area contributed by atoms with E-state index in [-0.39, 0.29) is 4.90 Å². The lowest BCUT2D eigenvalue weighted by Gasteiger charge is -2.06. The molecule has 124 valence electrons. The first-order chi connectivity index (χ1) is 11.3. The van der Waals surface area contributed by atoms with E-state index in [1.165, 1.54) is 12.3 Å². The quantitative estimate of drug-likeness (QED) is 0.768. The van der Waals surface area contributed by atoms with Crippen LogP contribution < -0.4 is 5.32 Å². The molecule has 0 unspecified atom stereocenters. The zero-order valence-corrected chi connectivity index (χ0v) is 14.6. The number of anilines is 1. The van der Waals surface area contributed by atoms with Crippen LogP contribution in [0.25, 0.3) is 11.1 Å². The summed E-state index contributed by atoms with van der Waals surface area (Å²) in [5, 5.41) is 8.65. The topological polar surface area (TPSA) is 94.0 Å². The molecule has 0 aliphatic carbocycles. The van der Waals surface area contributed by atoms with Gasteiger partial charge in [0.2, 0.25) is 0 Å². The van der Waals surface area contributed by atoms with E-state index in [1.54, 1.807) is 35.6 Å². The largest absolute Gasteiger partial charge is 0.312 e. The molecular weight excluding hydrogens is 348 g/mol. The zero-order chi connectivity index (χ0) is 17.3. The molecule has 0 atom stereocenters. The molecule has 3 aromatic heterocycles. The molecule has 9 heteroatoms. The van der Waals surface area contributed by atoms with E-state index in [4.69, 9.17) is 0 Å². The van der Waals surface area contributed by atoms with Crippen molar-refractivity contribution in [2.75, 3.05) is 11.6 Å². The summed E-state index contributed by atoms with van der Waals surface area (Å²) in [4.78, 5) is 16.6. The highest BCUT2D eigenvalue weighted by atomic mass is 32.2. The minimum Gasteiger partial charge on any atom is -0.312 e. The SMILES string of the molecule is Cn1cc(-c2cncc(C(=O)Nc3sccc3S(C)(=O)=O)c2)cn1. The molecule has 3 heterocycles. The summed E-state index contributed by atoms with van der Waals surface area (Å²) in [6, 6.07) is 3.16. The molecule has 0 aromatic carbocycles. The molecular formula is C15H14N4O3S2. The predicted octanol–water partition coefficient (Wildman–Crippen LogP) is 2.20. The summed E-state index contributed by atoms with van der Waals surface area (Å²) in [5.74, 6) is -0.416. The van der Waals surface area contributed by atoms with Gasteiger partial charge < -0.3 is 5.32 Å². The van der Waals surface area contributed by atoms with Crippen LogP contribution in [0.2, 0.25) is 0 Å². The molecule has 1 amide bonds. The maximum atomic E-state index is 12.4. The lowest BCUT2D eigenvalue weighted by molar-refractivity contribution is 0.102. The van der Waals surface area contributed by atoms with E-state index in [0.717, 1.165) is 28.7 Å². The number of thiophene rings is 1. The van der Waals surface area contributed by atoms with Crippen molar-refractivity contribution < 1.29 is 13.2 Å². The number of pyridine rings is 1. The normalized spacial score (nSPS) is 11.4. The van der Waals surface area contributed by atoms with E-state index >= 15 is 0 Å². The monoisotopic (exact) mass is 362 g/mol. The van der Waals surface area contributed by atoms with Gasteiger partial charge >= 0.3 is 0 Å². The maximum absolute atomic E-state index is 12.4. The number of carbonyl (C=O) groups is 1. The van der Waals surface area contributed by atoms with Gasteiger partial charge in [0, 0.05) is 43.0 Å². The summed E-state index contributed by atoms with van der Waals surface area (Å²) in [5.41, 5.74) is 1.93. The van der Waals surface area contributed by atoms with Crippen molar-refractivity contribution in [1.82, 2.24) is 14.8 Å². The van der Waals surface area contributed by atoms with E-state index in [9.17, 15) is 13.2 Å². The van der Waals surface area contributed by atoms with Gasteiger partial charge in [0.05, 0.1) is 11.8 Å². The zero-order valence-electron chi connectivity index (χ0n) is 12.9. The number of aryl methyl sites for hydroxylation is 1. The van der Waals surface area contributed by atoms with Gasteiger partial charge in [0.25, 0.3) is 5.91 Å². The Labute approximate surface area is 142 Å². The standard InChI is InChI=1S/C15H14N4O3S2/c1-19-9-12(8-17-19)10-5-11(7-16-6-10)14(20)18-15-13(3-4-23-15)24(2,21)22/h3-9H,1-2H3,(H,18,20). The minimum absolute atomic E-state index is 0.109. The van der Waals surface area contributed by atoms with Crippen molar-refractivity contribution in [3.05, 3.63) is 47.9 Å². The van der Waals surface area contributed by atoms with Gasteiger partial charge in [-0.15, -0.1) is 11.3 Å². The molecule has 0 aliphatic rings. The number of nitrogens with one attached hydrogen (secondary N) is 1. The van der Waals surface area contributed by atoms with Crippen LogP contribution in [-0.4, -0.2) is 35.3 Å². The molecule has 0 aliphatic heterocycles. The second-order valence-corrected chi connectivity index (χ2v) is 8.11. The van der Waals surface area contributed by atoms with E-state index in [0.29, 0.717) is 10.6 Å². The number of rotatable bonds is 4. The number of sulfone groups is 1. The summed E-state index contributed by atoms with van der Waals surface area (Å²) in [6.45, 7) is 0. The maximum Gasteiger partial charge on any atom is 0.257 e. The van der Waals surface area contributed by atoms with Crippen LogP contribution in [0.15, 0.2) is 47.2 Å². The van der Waals surface area contributed by atoms with Crippen LogP contribution in [0.3, 0.4) is 0 Å². The highest BCUT2D eigenvalue weighted by Crippen LogP contribution is 2.28. The fraction of sp³-hybridized carbons (Fsp3) is 0.133. The predicted molar refractivity (Wildman–Crippen MR) is 91.8 cm³/mol. The van der Waals surface area contributed by atoms with Crippen LogP contribution in [-0.2, 0) is 16.9 Å². The second kappa shape index (κ2) is 6.17. The molecule has 1 N–H and O–H groups in total. The third kappa shape index (κ3) is 3.36. The molecule has 3 rings (SSSR count). The number of amides is 1. The van der Waals surface area contributed by atoms with Crippen molar-refractivity contribution in [3.8, 4) is 11.1 Å². The van der Waals surface area contributed by atoms with Gasteiger partial charge in [-0.3, -0.25) is 14.5 Å². The summed E-state index contributed by atoms with van der Waals surface area (Å²) in [6.07, 6.45) is 7.68. The van der Waals surface area contributed by atoms with E-state index in [2.05, 4.69) is 15.4 Å². The Hall–Kier alpha value is -2.52. The Bertz CT molecular complexity index is 1010. The number of nitrogens with zero attached hydrogens (tertiary/aromatic N) is 3. The van der Waals surface area contributed by atoms with Crippen molar-refractivity contribution in [1.29, 1.82) is 0 Å². The van der Waals surface area contributed by atoms with Crippen molar-refractivity contribution in [2.45, 2.75) is 4.90 Å². The van der Waals surface area contributed by atoms with Crippen molar-refractivity contribution >= 4 is 32.1 Å². The molecule has 0 fully saturated rings. The van der Waals surface area contributed by atoms with Crippen molar-refractivity contribution in [2.24, 2.45) is 7.05 Å². The van der Waals surface area contributed by atoms with E-state index in [1.807, 2.05) is 6.20 Å². The smallest absolute Gasteiger partial charge is 0.257 e. The number of hydrogen-bond donors (Lipinski definition) is 1. The fourth-order valence-electron chi connectivity index (χ4n) is 2.15. The van der Waals surface area contributed by atoms with Crippen LogP contribution >= 0.6 is 11.3 Å². The Morgan fingerprint density at radius 2 is 2.04 bits per heavy atom. The number of hydrogen-bond acceptors (Lipinski definition) is 6. The van der Waals surface area contributed by atoms with Gasteiger partial charge in [-0.1, -0.05) is 0 Å². The molecule has 7 nitrogen and oxygen atoms in total. The average Bonchev–Trinajstić information content (AvgIpc) is 3.16. The Balaban J connectivity index is 1.88. The first kappa shape index (κ1) is 16.3. The third-order valence-corrected chi connectivity index (χ3v) is 5.39.